The minimum atomic E-state index is -0.652. The lowest BCUT2D eigenvalue weighted by molar-refractivity contribution is -0.140. The molecule has 0 aliphatic heterocycles. The third-order valence-electron chi connectivity index (χ3n) is 2.81. The first-order valence-corrected chi connectivity index (χ1v) is 6.30. The highest BCUT2D eigenvalue weighted by atomic mass is 16.5. The smallest absolute Gasteiger partial charge is 0.307 e. The molecule has 1 aromatic carbocycles. The molecule has 0 aliphatic rings. The molecule has 6 heteroatoms. The second-order valence-corrected chi connectivity index (χ2v) is 4.28. The minimum Gasteiger partial charge on any atom is -0.497 e. The standard InChI is InChI=1S/C14H20N2O4/c1-19-11-5-3-10(4-6-11)9-12(15)14(18)16-8-7-13(17)20-2/h3-6,12H,7-9,15H2,1-2H3,(H,16,18)/t12-/m1/s1. The maximum Gasteiger partial charge on any atom is 0.307 e. The van der Waals surface area contributed by atoms with Crippen LogP contribution in [0.5, 0.6) is 5.75 Å². The van der Waals surface area contributed by atoms with Crippen LogP contribution in [-0.4, -0.2) is 38.7 Å². The number of benzene rings is 1. The average Bonchev–Trinajstić information content (AvgIpc) is 2.47. The molecule has 0 unspecified atom stereocenters. The summed E-state index contributed by atoms with van der Waals surface area (Å²) >= 11 is 0. The number of carbonyl (C=O) groups is 2. The van der Waals surface area contributed by atoms with Gasteiger partial charge in [0.2, 0.25) is 5.91 Å². The molecule has 1 aromatic rings. The van der Waals surface area contributed by atoms with Gasteiger partial charge in [-0.2, -0.15) is 0 Å². The van der Waals surface area contributed by atoms with E-state index < -0.39 is 6.04 Å². The van der Waals surface area contributed by atoms with E-state index in [1.165, 1.54) is 7.11 Å². The van der Waals surface area contributed by atoms with Gasteiger partial charge >= 0.3 is 5.97 Å². The van der Waals surface area contributed by atoms with E-state index in [4.69, 9.17) is 10.5 Å². The zero-order valence-electron chi connectivity index (χ0n) is 11.7. The van der Waals surface area contributed by atoms with Crippen LogP contribution in [0.25, 0.3) is 0 Å². The zero-order chi connectivity index (χ0) is 15.0. The summed E-state index contributed by atoms with van der Waals surface area (Å²) in [5.74, 6) is 0.101. The number of hydrogen-bond donors (Lipinski definition) is 2. The number of methoxy groups -OCH3 is 2. The monoisotopic (exact) mass is 280 g/mol. The van der Waals surface area contributed by atoms with Crippen LogP contribution >= 0.6 is 0 Å². The van der Waals surface area contributed by atoms with E-state index in [0.717, 1.165) is 11.3 Å². The van der Waals surface area contributed by atoms with Crippen LogP contribution in [0.1, 0.15) is 12.0 Å². The first kappa shape index (κ1) is 16.0. The summed E-state index contributed by atoms with van der Waals surface area (Å²) in [5, 5.41) is 2.60. The molecular formula is C14H20N2O4. The highest BCUT2D eigenvalue weighted by Crippen LogP contribution is 2.12. The number of hydrogen-bond acceptors (Lipinski definition) is 5. The fraction of sp³-hybridized carbons (Fsp3) is 0.429. The van der Waals surface area contributed by atoms with Gasteiger partial charge in [-0.15, -0.1) is 0 Å². The Bertz CT molecular complexity index is 445. The van der Waals surface area contributed by atoms with E-state index in [1.54, 1.807) is 7.11 Å². The van der Waals surface area contributed by atoms with Gasteiger partial charge in [0.1, 0.15) is 5.75 Å². The van der Waals surface area contributed by atoms with Crippen LogP contribution < -0.4 is 15.8 Å². The van der Waals surface area contributed by atoms with Gasteiger partial charge in [0, 0.05) is 6.54 Å². The Morgan fingerprint density at radius 2 is 1.90 bits per heavy atom. The van der Waals surface area contributed by atoms with Crippen LogP contribution in [0, 0.1) is 0 Å². The van der Waals surface area contributed by atoms with Crippen LogP contribution in [0.2, 0.25) is 0 Å². The number of esters is 1. The molecule has 0 heterocycles. The Kier molecular flexibility index (Phi) is 6.52. The molecule has 1 amide bonds. The molecule has 0 fully saturated rings. The van der Waals surface area contributed by atoms with E-state index >= 15 is 0 Å². The number of rotatable bonds is 7. The SMILES string of the molecule is COC(=O)CCNC(=O)[C@H](N)Cc1ccc(OC)cc1. The number of amides is 1. The quantitative estimate of drug-likeness (QED) is 0.698. The van der Waals surface area contributed by atoms with Crippen molar-refractivity contribution in [1.29, 1.82) is 0 Å². The lowest BCUT2D eigenvalue weighted by Crippen LogP contribution is -2.42. The fourth-order valence-corrected chi connectivity index (χ4v) is 1.63. The van der Waals surface area contributed by atoms with Crippen molar-refractivity contribution in [1.82, 2.24) is 5.32 Å². The molecule has 110 valence electrons. The predicted molar refractivity (Wildman–Crippen MR) is 74.3 cm³/mol. The third kappa shape index (κ3) is 5.27. The lowest BCUT2D eigenvalue weighted by Gasteiger charge is -2.12. The molecule has 3 N–H and O–H groups in total. The van der Waals surface area contributed by atoms with E-state index in [1.807, 2.05) is 24.3 Å². The predicted octanol–water partition coefficient (Wildman–Crippen LogP) is 0.244. The molecule has 0 radical (unpaired) electrons. The molecule has 0 saturated carbocycles. The van der Waals surface area contributed by atoms with E-state index in [2.05, 4.69) is 10.1 Å². The summed E-state index contributed by atoms with van der Waals surface area (Å²) in [6.07, 6.45) is 0.561. The first-order valence-electron chi connectivity index (χ1n) is 6.30. The van der Waals surface area contributed by atoms with Crippen molar-refractivity contribution in [2.24, 2.45) is 5.73 Å². The maximum absolute atomic E-state index is 11.7. The number of nitrogens with two attached hydrogens (primary N) is 1. The van der Waals surface area contributed by atoms with Gasteiger partial charge in [-0.3, -0.25) is 9.59 Å². The molecule has 0 bridgehead atoms. The molecule has 0 saturated heterocycles. The molecule has 20 heavy (non-hydrogen) atoms. The number of carbonyl (C=O) groups excluding carboxylic acids is 2. The van der Waals surface area contributed by atoms with Gasteiger partial charge in [0.25, 0.3) is 0 Å². The number of ether oxygens (including phenoxy) is 2. The lowest BCUT2D eigenvalue weighted by atomic mass is 10.1. The average molecular weight is 280 g/mol. The Hall–Kier alpha value is -2.08. The normalized spacial score (nSPS) is 11.6. The summed E-state index contributed by atoms with van der Waals surface area (Å²) in [5.41, 5.74) is 6.76. The van der Waals surface area contributed by atoms with Crippen LogP contribution in [-0.2, 0) is 20.7 Å². The largest absolute Gasteiger partial charge is 0.497 e. The molecular weight excluding hydrogens is 260 g/mol. The highest BCUT2D eigenvalue weighted by Gasteiger charge is 2.14. The Morgan fingerprint density at radius 1 is 1.25 bits per heavy atom. The Balaban J connectivity index is 2.38. The highest BCUT2D eigenvalue weighted by molar-refractivity contribution is 5.82. The van der Waals surface area contributed by atoms with Gasteiger partial charge in [-0.25, -0.2) is 0 Å². The molecule has 0 aliphatic carbocycles. The number of nitrogens with one attached hydrogen (secondary N) is 1. The van der Waals surface area contributed by atoms with Crippen molar-refractivity contribution < 1.29 is 19.1 Å². The van der Waals surface area contributed by atoms with Crippen molar-refractivity contribution >= 4 is 11.9 Å². The van der Waals surface area contributed by atoms with E-state index in [9.17, 15) is 9.59 Å². The second kappa shape index (κ2) is 8.16. The maximum atomic E-state index is 11.7. The minimum absolute atomic E-state index is 0.136. The topological polar surface area (TPSA) is 90.7 Å². The summed E-state index contributed by atoms with van der Waals surface area (Å²) < 4.78 is 9.53. The van der Waals surface area contributed by atoms with Crippen molar-refractivity contribution in [3.05, 3.63) is 29.8 Å². The first-order chi connectivity index (χ1) is 9.56. The zero-order valence-corrected chi connectivity index (χ0v) is 11.7. The van der Waals surface area contributed by atoms with Crippen LogP contribution in [0.3, 0.4) is 0 Å². The van der Waals surface area contributed by atoms with Gasteiger partial charge in [0.05, 0.1) is 26.7 Å². The summed E-state index contributed by atoms with van der Waals surface area (Å²) in [7, 11) is 2.90. The van der Waals surface area contributed by atoms with Crippen molar-refractivity contribution in [3.63, 3.8) is 0 Å². The van der Waals surface area contributed by atoms with Crippen molar-refractivity contribution in [3.8, 4) is 5.75 Å². The Labute approximate surface area is 118 Å². The Morgan fingerprint density at radius 3 is 2.45 bits per heavy atom. The summed E-state index contributed by atoms with van der Waals surface area (Å²) in [4.78, 5) is 22.6. The van der Waals surface area contributed by atoms with Crippen LogP contribution in [0.4, 0.5) is 0 Å². The molecule has 1 rings (SSSR count). The second-order valence-electron chi connectivity index (χ2n) is 4.28. The molecule has 0 aromatic heterocycles. The van der Waals surface area contributed by atoms with E-state index in [-0.39, 0.29) is 24.8 Å². The van der Waals surface area contributed by atoms with Crippen LogP contribution in [0.15, 0.2) is 24.3 Å². The molecule has 6 nitrogen and oxygen atoms in total. The molecule has 1 atom stereocenters. The van der Waals surface area contributed by atoms with Crippen molar-refractivity contribution in [2.75, 3.05) is 20.8 Å². The van der Waals surface area contributed by atoms with Gasteiger partial charge < -0.3 is 20.5 Å². The van der Waals surface area contributed by atoms with Gasteiger partial charge in [0.15, 0.2) is 0 Å². The fourth-order valence-electron chi connectivity index (χ4n) is 1.63. The summed E-state index contributed by atoms with van der Waals surface area (Å²) in [6.45, 7) is 0.224. The molecule has 0 spiro atoms. The van der Waals surface area contributed by atoms with Gasteiger partial charge in [-0.1, -0.05) is 12.1 Å². The van der Waals surface area contributed by atoms with E-state index in [0.29, 0.717) is 6.42 Å². The van der Waals surface area contributed by atoms with Crippen molar-refractivity contribution in [2.45, 2.75) is 18.9 Å². The third-order valence-corrected chi connectivity index (χ3v) is 2.81. The van der Waals surface area contributed by atoms with Gasteiger partial charge in [-0.05, 0) is 24.1 Å². The summed E-state index contributed by atoms with van der Waals surface area (Å²) in [6, 6.07) is 6.70.